The molecule has 1 heterocycles. The smallest absolute Gasteiger partial charge is 0.311 e. The number of carbonyl (C=O) groups excluding carboxylic acids is 1. The largest absolute Gasteiger partial charge is 0.451 e. The topological polar surface area (TPSA) is 26.3 Å². The molecule has 2 nitrogen and oxygen atoms in total. The maximum Gasteiger partial charge on any atom is 0.311 e. The Morgan fingerprint density at radius 1 is 1.54 bits per heavy atom. The van der Waals surface area contributed by atoms with Gasteiger partial charge in [0.1, 0.15) is 5.44 Å². The zero-order valence-electron chi connectivity index (χ0n) is 8.70. The molecule has 0 amide bonds. The monoisotopic (exact) mass is 202 g/mol. The molecule has 0 aromatic carbocycles. The summed E-state index contributed by atoms with van der Waals surface area (Å²) in [5.74, 6) is 0.130. The first-order valence-electron chi connectivity index (χ1n) is 4.78. The molecule has 1 aliphatic rings. The molecule has 76 valence electrons. The molecule has 0 bridgehead atoms. The second-order valence-corrected chi connectivity index (χ2v) is 5.02. The van der Waals surface area contributed by atoms with Crippen LogP contribution in [0.5, 0.6) is 0 Å². The van der Waals surface area contributed by atoms with Crippen molar-refractivity contribution in [2.45, 2.75) is 39.6 Å². The first-order valence-corrected chi connectivity index (χ1v) is 5.30. The lowest BCUT2D eigenvalue weighted by molar-refractivity contribution is -0.145. The minimum absolute atomic E-state index is 0.000000000000000222. The number of cyclic esters (lactones) is 1. The number of hydrogen-bond acceptors (Lipinski definition) is 3. The molecular weight excluding hydrogens is 184 g/mol. The van der Waals surface area contributed by atoms with E-state index in [0.29, 0.717) is 0 Å². The fraction of sp³-hybridized carbons (Fsp3) is 0.900. The summed E-state index contributed by atoms with van der Waals surface area (Å²) in [5, 5.41) is 0. The summed E-state index contributed by atoms with van der Waals surface area (Å²) >= 11 is 4.23. The van der Waals surface area contributed by atoms with E-state index in [9.17, 15) is 4.79 Å². The summed E-state index contributed by atoms with van der Waals surface area (Å²) in [6.07, 6.45) is 0.984. The quantitative estimate of drug-likeness (QED) is 0.550. The van der Waals surface area contributed by atoms with Crippen LogP contribution in [-0.2, 0) is 9.53 Å². The van der Waals surface area contributed by atoms with Crippen molar-refractivity contribution in [1.29, 1.82) is 0 Å². The minimum atomic E-state index is -0.219. The Kier molecular flexibility index (Phi) is 2.95. The van der Waals surface area contributed by atoms with Gasteiger partial charge in [-0.05, 0) is 5.41 Å². The van der Waals surface area contributed by atoms with Gasteiger partial charge < -0.3 is 4.74 Å². The fourth-order valence-electron chi connectivity index (χ4n) is 1.93. The molecule has 0 saturated carbocycles. The molecule has 1 aliphatic heterocycles. The number of rotatable bonds is 2. The van der Waals surface area contributed by atoms with Crippen LogP contribution in [0.25, 0.3) is 0 Å². The molecule has 1 rings (SSSR count). The highest BCUT2D eigenvalue weighted by Gasteiger charge is 2.47. The molecule has 0 aromatic rings. The van der Waals surface area contributed by atoms with Gasteiger partial charge in [0, 0.05) is 5.92 Å². The number of hydrogen-bond donors (Lipinski definition) is 1. The van der Waals surface area contributed by atoms with Gasteiger partial charge in [0.2, 0.25) is 0 Å². The van der Waals surface area contributed by atoms with Crippen molar-refractivity contribution in [2.24, 2.45) is 17.3 Å². The van der Waals surface area contributed by atoms with Crippen molar-refractivity contribution in [1.82, 2.24) is 0 Å². The highest BCUT2D eigenvalue weighted by Crippen LogP contribution is 2.43. The van der Waals surface area contributed by atoms with Crippen molar-refractivity contribution in [3.63, 3.8) is 0 Å². The second kappa shape index (κ2) is 3.52. The average Bonchev–Trinajstić information content (AvgIpc) is 2.27. The standard InChI is InChI=1S/C10H18O2S/c1-5-10(3,4)7-6(2)9(13)12-8(7)11/h6-7,9,13H,5H2,1-4H3. The summed E-state index contributed by atoms with van der Waals surface area (Å²) in [6, 6.07) is 0. The maximum absolute atomic E-state index is 11.5. The van der Waals surface area contributed by atoms with Crippen LogP contribution in [-0.4, -0.2) is 11.4 Å². The number of carbonyl (C=O) groups is 1. The Morgan fingerprint density at radius 2 is 2.08 bits per heavy atom. The van der Waals surface area contributed by atoms with Crippen molar-refractivity contribution in [3.05, 3.63) is 0 Å². The molecule has 3 unspecified atom stereocenters. The highest BCUT2D eigenvalue weighted by atomic mass is 32.1. The Labute approximate surface area is 85.4 Å². The highest BCUT2D eigenvalue weighted by molar-refractivity contribution is 7.80. The summed E-state index contributed by atoms with van der Waals surface area (Å²) in [5.41, 5.74) is -0.197. The molecule has 13 heavy (non-hydrogen) atoms. The van der Waals surface area contributed by atoms with Crippen molar-refractivity contribution in [2.75, 3.05) is 0 Å². The number of esters is 1. The van der Waals surface area contributed by atoms with Crippen LogP contribution in [0.2, 0.25) is 0 Å². The fourth-order valence-corrected chi connectivity index (χ4v) is 2.21. The van der Waals surface area contributed by atoms with E-state index in [1.54, 1.807) is 0 Å². The van der Waals surface area contributed by atoms with E-state index in [2.05, 4.69) is 33.4 Å². The van der Waals surface area contributed by atoms with E-state index < -0.39 is 0 Å². The second-order valence-electron chi connectivity index (χ2n) is 4.51. The van der Waals surface area contributed by atoms with Gasteiger partial charge in [0.25, 0.3) is 0 Å². The molecule has 0 aliphatic carbocycles. The third-order valence-corrected chi connectivity index (χ3v) is 3.80. The Bertz CT molecular complexity index is 213. The van der Waals surface area contributed by atoms with Gasteiger partial charge in [-0.1, -0.05) is 34.1 Å². The van der Waals surface area contributed by atoms with Crippen LogP contribution < -0.4 is 0 Å². The van der Waals surface area contributed by atoms with Crippen LogP contribution in [0.15, 0.2) is 0 Å². The molecule has 0 aromatic heterocycles. The first-order chi connectivity index (χ1) is 5.90. The van der Waals surface area contributed by atoms with Crippen molar-refractivity contribution in [3.8, 4) is 0 Å². The minimum Gasteiger partial charge on any atom is -0.451 e. The van der Waals surface area contributed by atoms with E-state index in [4.69, 9.17) is 4.74 Å². The van der Waals surface area contributed by atoms with Gasteiger partial charge in [-0.2, -0.15) is 0 Å². The van der Waals surface area contributed by atoms with E-state index in [0.717, 1.165) is 6.42 Å². The average molecular weight is 202 g/mol. The first kappa shape index (κ1) is 10.9. The van der Waals surface area contributed by atoms with Crippen LogP contribution in [0.4, 0.5) is 0 Å². The van der Waals surface area contributed by atoms with E-state index in [1.807, 2.05) is 6.92 Å². The third kappa shape index (κ3) is 1.85. The molecule has 1 saturated heterocycles. The molecule has 3 atom stereocenters. The molecule has 0 spiro atoms. The van der Waals surface area contributed by atoms with E-state index in [1.165, 1.54) is 0 Å². The van der Waals surface area contributed by atoms with E-state index in [-0.39, 0.29) is 28.7 Å². The molecule has 3 heteroatoms. The summed E-state index contributed by atoms with van der Waals surface area (Å²) in [7, 11) is 0. The lowest BCUT2D eigenvalue weighted by Crippen LogP contribution is -2.31. The lowest BCUT2D eigenvalue weighted by Gasteiger charge is -2.30. The number of thiol groups is 1. The van der Waals surface area contributed by atoms with Gasteiger partial charge in [0.15, 0.2) is 0 Å². The predicted molar refractivity (Wildman–Crippen MR) is 55.6 cm³/mol. The van der Waals surface area contributed by atoms with E-state index >= 15 is 0 Å². The lowest BCUT2D eigenvalue weighted by atomic mass is 9.72. The SMILES string of the molecule is CCC(C)(C)C1C(=O)OC(S)C1C. The molecular formula is C10H18O2S. The van der Waals surface area contributed by atoms with Crippen LogP contribution in [0.1, 0.15) is 34.1 Å². The van der Waals surface area contributed by atoms with Crippen LogP contribution >= 0.6 is 12.6 Å². The Hall–Kier alpha value is -0.180. The van der Waals surface area contributed by atoms with Gasteiger partial charge >= 0.3 is 5.97 Å². The van der Waals surface area contributed by atoms with Crippen molar-refractivity contribution < 1.29 is 9.53 Å². The van der Waals surface area contributed by atoms with Gasteiger partial charge in [-0.25, -0.2) is 0 Å². The predicted octanol–water partition coefficient (Wildman–Crippen LogP) is 2.49. The normalized spacial score (nSPS) is 34.8. The van der Waals surface area contributed by atoms with Crippen molar-refractivity contribution >= 4 is 18.6 Å². The van der Waals surface area contributed by atoms with Gasteiger partial charge in [-0.3, -0.25) is 4.79 Å². The Morgan fingerprint density at radius 3 is 2.38 bits per heavy atom. The van der Waals surface area contributed by atoms with Gasteiger partial charge in [0.05, 0.1) is 5.92 Å². The zero-order valence-corrected chi connectivity index (χ0v) is 9.60. The molecule has 0 radical (unpaired) electrons. The summed E-state index contributed by atoms with van der Waals surface area (Å²) < 4.78 is 5.10. The molecule has 0 N–H and O–H groups in total. The Balaban J connectivity index is 2.85. The van der Waals surface area contributed by atoms with Crippen LogP contribution in [0, 0.1) is 17.3 Å². The summed E-state index contributed by atoms with van der Waals surface area (Å²) in [6.45, 7) is 8.36. The molecule has 1 fully saturated rings. The zero-order chi connectivity index (χ0) is 10.2. The third-order valence-electron chi connectivity index (χ3n) is 3.22. The summed E-state index contributed by atoms with van der Waals surface area (Å²) in [4.78, 5) is 11.5. The maximum atomic E-state index is 11.5. The van der Waals surface area contributed by atoms with Gasteiger partial charge in [-0.15, -0.1) is 12.6 Å². The number of ether oxygens (including phenoxy) is 1. The van der Waals surface area contributed by atoms with Crippen LogP contribution in [0.3, 0.4) is 0 Å².